The number of carbonyl (C=O) groups excluding carboxylic acids is 3. The minimum Gasteiger partial charge on any atom is -0.454 e. The van der Waals surface area contributed by atoms with E-state index in [9.17, 15) is 14.4 Å². The van der Waals surface area contributed by atoms with E-state index >= 15 is 0 Å². The molecule has 2 rings (SSSR count). The van der Waals surface area contributed by atoms with Gasteiger partial charge in [-0.2, -0.15) is 0 Å². The Kier molecular flexibility index (Phi) is 7.84. The average Bonchev–Trinajstić information content (AvgIpc) is 2.64. The Hall–Kier alpha value is -2.57. The van der Waals surface area contributed by atoms with E-state index in [1.165, 1.54) is 18.2 Å². The molecular weight excluding hydrogens is 403 g/mol. The molecule has 0 aromatic heterocycles. The lowest BCUT2D eigenvalue weighted by molar-refractivity contribution is 0.0474. The van der Waals surface area contributed by atoms with Crippen LogP contribution < -0.4 is 10.6 Å². The van der Waals surface area contributed by atoms with Gasteiger partial charge in [-0.15, -0.1) is 0 Å². The molecule has 6 nitrogen and oxygen atoms in total. The van der Waals surface area contributed by atoms with E-state index in [2.05, 4.69) is 10.6 Å². The van der Waals surface area contributed by atoms with Crippen LogP contribution in [0.5, 0.6) is 0 Å². The fourth-order valence-electron chi connectivity index (χ4n) is 2.26. The first-order chi connectivity index (χ1) is 13.3. The first kappa shape index (κ1) is 21.7. The molecule has 0 aliphatic carbocycles. The lowest BCUT2D eigenvalue weighted by Crippen LogP contribution is -2.39. The third-order valence-corrected chi connectivity index (χ3v) is 4.18. The van der Waals surface area contributed by atoms with Crippen molar-refractivity contribution in [2.45, 2.75) is 26.4 Å². The number of benzene rings is 2. The zero-order chi connectivity index (χ0) is 20.7. The summed E-state index contributed by atoms with van der Waals surface area (Å²) in [6.45, 7) is 3.62. The van der Waals surface area contributed by atoms with Crippen molar-refractivity contribution >= 4 is 41.0 Å². The number of esters is 1. The van der Waals surface area contributed by atoms with E-state index in [1.54, 1.807) is 24.3 Å². The second kappa shape index (κ2) is 10.1. The average molecular weight is 423 g/mol. The van der Waals surface area contributed by atoms with Crippen molar-refractivity contribution in [3.63, 3.8) is 0 Å². The monoisotopic (exact) mass is 422 g/mol. The van der Waals surface area contributed by atoms with Crippen molar-refractivity contribution in [3.8, 4) is 0 Å². The van der Waals surface area contributed by atoms with E-state index in [0.717, 1.165) is 5.56 Å². The molecule has 8 heteroatoms. The minimum atomic E-state index is -0.629. The van der Waals surface area contributed by atoms with E-state index in [0.29, 0.717) is 17.1 Å². The number of Topliss-reactive ketones (excluding diaryl/α,β-unsaturated/α-hetero) is 1. The van der Waals surface area contributed by atoms with Crippen LogP contribution in [0, 0.1) is 0 Å². The summed E-state index contributed by atoms with van der Waals surface area (Å²) in [7, 11) is 0. The number of carbonyl (C=O) groups is 3. The van der Waals surface area contributed by atoms with Gasteiger partial charge in [0, 0.05) is 23.2 Å². The lowest BCUT2D eigenvalue weighted by Gasteiger charge is -2.10. The lowest BCUT2D eigenvalue weighted by atomic mass is 10.1. The highest BCUT2D eigenvalue weighted by Gasteiger charge is 2.15. The second-order valence-corrected chi connectivity index (χ2v) is 7.15. The number of halogens is 2. The Bertz CT molecular complexity index is 867. The summed E-state index contributed by atoms with van der Waals surface area (Å²) in [6, 6.07) is 10.8. The number of hydrogen-bond acceptors (Lipinski definition) is 4. The van der Waals surface area contributed by atoms with E-state index in [1.807, 2.05) is 13.8 Å². The highest BCUT2D eigenvalue weighted by Crippen LogP contribution is 2.21. The number of amides is 2. The van der Waals surface area contributed by atoms with Gasteiger partial charge in [-0.05, 0) is 49.7 Å². The molecule has 148 valence electrons. The van der Waals surface area contributed by atoms with Gasteiger partial charge >= 0.3 is 12.0 Å². The van der Waals surface area contributed by atoms with Crippen molar-refractivity contribution in [2.24, 2.45) is 0 Å². The first-order valence-electron chi connectivity index (χ1n) is 8.55. The molecule has 2 amide bonds. The van der Waals surface area contributed by atoms with Crippen LogP contribution >= 0.6 is 23.2 Å². The van der Waals surface area contributed by atoms with Crippen molar-refractivity contribution in [1.29, 1.82) is 0 Å². The molecule has 0 saturated carbocycles. The van der Waals surface area contributed by atoms with Crippen LogP contribution in [0.2, 0.25) is 10.0 Å². The summed E-state index contributed by atoms with van der Waals surface area (Å²) in [4.78, 5) is 35.8. The number of urea groups is 1. The van der Waals surface area contributed by atoms with Crippen LogP contribution in [0.3, 0.4) is 0 Å². The smallest absolute Gasteiger partial charge is 0.338 e. The van der Waals surface area contributed by atoms with Gasteiger partial charge in [0.05, 0.1) is 10.6 Å². The maximum absolute atomic E-state index is 12.1. The van der Waals surface area contributed by atoms with Gasteiger partial charge in [0.15, 0.2) is 6.61 Å². The molecule has 0 aliphatic rings. The van der Waals surface area contributed by atoms with E-state index in [-0.39, 0.29) is 22.7 Å². The fourth-order valence-corrected chi connectivity index (χ4v) is 2.78. The van der Waals surface area contributed by atoms with Crippen LogP contribution in [0.4, 0.5) is 4.79 Å². The quantitative estimate of drug-likeness (QED) is 0.516. The van der Waals surface area contributed by atoms with Crippen molar-refractivity contribution in [3.05, 3.63) is 69.2 Å². The molecule has 0 fully saturated rings. The molecule has 2 N–H and O–H groups in total. The maximum Gasteiger partial charge on any atom is 0.338 e. The molecule has 0 unspecified atom stereocenters. The molecule has 0 spiro atoms. The fraction of sp³-hybridized carbons (Fsp3) is 0.250. The molecule has 2 aromatic carbocycles. The Morgan fingerprint density at radius 2 is 1.71 bits per heavy atom. The van der Waals surface area contributed by atoms with Crippen LogP contribution in [0.1, 0.15) is 40.1 Å². The summed E-state index contributed by atoms with van der Waals surface area (Å²) in [5.74, 6) is -1.05. The number of ether oxygens (including phenoxy) is 1. The summed E-state index contributed by atoms with van der Waals surface area (Å²) >= 11 is 11.8. The van der Waals surface area contributed by atoms with Gasteiger partial charge in [0.25, 0.3) is 0 Å². The van der Waals surface area contributed by atoms with Crippen molar-refractivity contribution < 1.29 is 19.1 Å². The normalized spacial score (nSPS) is 10.5. The summed E-state index contributed by atoms with van der Waals surface area (Å²) in [6.07, 6.45) is 0. The Morgan fingerprint density at radius 1 is 1.04 bits per heavy atom. The van der Waals surface area contributed by atoms with Crippen LogP contribution in [-0.4, -0.2) is 30.4 Å². The van der Waals surface area contributed by atoms with E-state index < -0.39 is 18.4 Å². The highest BCUT2D eigenvalue weighted by atomic mass is 35.5. The second-order valence-electron chi connectivity index (χ2n) is 6.30. The summed E-state index contributed by atoms with van der Waals surface area (Å²) in [5.41, 5.74) is 1.35. The zero-order valence-electron chi connectivity index (χ0n) is 15.4. The van der Waals surface area contributed by atoms with Gasteiger partial charge in [-0.1, -0.05) is 35.3 Å². The van der Waals surface area contributed by atoms with Gasteiger partial charge in [-0.25, -0.2) is 9.59 Å². The Balaban J connectivity index is 1.87. The predicted molar refractivity (Wildman–Crippen MR) is 108 cm³/mol. The largest absolute Gasteiger partial charge is 0.454 e. The molecule has 2 aromatic rings. The van der Waals surface area contributed by atoms with Crippen molar-refractivity contribution in [1.82, 2.24) is 10.6 Å². The molecule has 0 saturated heterocycles. The zero-order valence-corrected chi connectivity index (χ0v) is 16.9. The number of ketones is 1. The Labute approximate surface area is 173 Å². The molecular formula is C20H20Cl2N2O4. The first-order valence-corrected chi connectivity index (χ1v) is 9.30. The van der Waals surface area contributed by atoms with Crippen LogP contribution in [0.15, 0.2) is 42.5 Å². The van der Waals surface area contributed by atoms with Gasteiger partial charge in [0.2, 0.25) is 5.78 Å². The number of nitrogens with one attached hydrogen (secondary N) is 2. The standard InChI is InChI=1S/C20H20Cl2N2O4/c1-12(2)24-20(27)23-10-13-3-5-14(6-4-13)19(26)28-11-18(25)16-8-7-15(21)9-17(16)22/h3-9,12H,10-11H2,1-2H3,(H2,23,24,27). The summed E-state index contributed by atoms with van der Waals surface area (Å²) in [5, 5.41) is 6.04. The molecule has 0 aliphatic heterocycles. The van der Waals surface area contributed by atoms with Crippen LogP contribution in [-0.2, 0) is 11.3 Å². The molecule has 0 bridgehead atoms. The minimum absolute atomic E-state index is 0.0441. The van der Waals surface area contributed by atoms with Gasteiger partial charge in [-0.3, -0.25) is 4.79 Å². The molecule has 0 radical (unpaired) electrons. The summed E-state index contributed by atoms with van der Waals surface area (Å²) < 4.78 is 5.05. The third-order valence-electron chi connectivity index (χ3n) is 3.63. The Morgan fingerprint density at radius 3 is 2.32 bits per heavy atom. The van der Waals surface area contributed by atoms with Gasteiger partial charge in [0.1, 0.15) is 0 Å². The van der Waals surface area contributed by atoms with Gasteiger partial charge < -0.3 is 15.4 Å². The SMILES string of the molecule is CC(C)NC(=O)NCc1ccc(C(=O)OCC(=O)c2ccc(Cl)cc2Cl)cc1. The molecule has 0 heterocycles. The molecule has 0 atom stereocenters. The topological polar surface area (TPSA) is 84.5 Å². The predicted octanol–water partition coefficient (Wildman–Crippen LogP) is 4.24. The van der Waals surface area contributed by atoms with Crippen molar-refractivity contribution in [2.75, 3.05) is 6.61 Å². The van der Waals surface area contributed by atoms with E-state index in [4.69, 9.17) is 27.9 Å². The highest BCUT2D eigenvalue weighted by molar-refractivity contribution is 6.36. The molecule has 28 heavy (non-hydrogen) atoms. The van der Waals surface area contributed by atoms with Crippen LogP contribution in [0.25, 0.3) is 0 Å². The third kappa shape index (κ3) is 6.55. The maximum atomic E-state index is 12.1. The number of hydrogen-bond donors (Lipinski definition) is 2. The number of rotatable bonds is 7.